The molecule has 2 amide bonds. The molecule has 2 rings (SSSR count). The van der Waals surface area contributed by atoms with E-state index in [0.29, 0.717) is 13.1 Å². The second-order valence-electron chi connectivity index (χ2n) is 6.48. The molecule has 114 valence electrons. The molecule has 0 aromatic rings. The first-order valence-corrected chi connectivity index (χ1v) is 7.81. The Morgan fingerprint density at radius 1 is 1.40 bits per heavy atom. The van der Waals surface area contributed by atoms with Gasteiger partial charge in [-0.05, 0) is 0 Å². The van der Waals surface area contributed by atoms with Gasteiger partial charge in [-0.15, -0.1) is 11.8 Å². The quantitative estimate of drug-likeness (QED) is 0.716. The van der Waals surface area contributed by atoms with Crippen LogP contribution in [0.4, 0.5) is 0 Å². The molecule has 3 N–H and O–H groups in total. The number of aliphatic hydroxyl groups excluding tert-OH is 1. The summed E-state index contributed by atoms with van der Waals surface area (Å²) in [4.78, 5) is 27.6. The number of rotatable bonds is 2. The normalized spacial score (nSPS) is 22.9. The Labute approximate surface area is 123 Å². The lowest BCUT2D eigenvalue weighted by molar-refractivity contribution is -0.154. The molecule has 1 spiro atoms. The lowest BCUT2D eigenvalue weighted by Gasteiger charge is -2.53. The van der Waals surface area contributed by atoms with Crippen LogP contribution in [0, 0.1) is 5.41 Å². The Kier molecular flexibility index (Phi) is 4.05. The highest BCUT2D eigenvalue weighted by Gasteiger charge is 2.55. The van der Waals surface area contributed by atoms with Gasteiger partial charge in [0.2, 0.25) is 11.8 Å². The molecule has 0 aromatic heterocycles. The van der Waals surface area contributed by atoms with Crippen molar-refractivity contribution in [1.29, 1.82) is 0 Å². The number of likely N-dealkylation sites (tertiary alicyclic amines) is 1. The van der Waals surface area contributed by atoms with Crippen molar-refractivity contribution in [3.05, 3.63) is 0 Å². The van der Waals surface area contributed by atoms with E-state index in [1.807, 2.05) is 25.7 Å². The number of hydrogen-bond acceptors (Lipinski definition) is 5. The Morgan fingerprint density at radius 2 is 2.00 bits per heavy atom. The molecule has 0 bridgehead atoms. The van der Waals surface area contributed by atoms with Gasteiger partial charge in [-0.25, -0.2) is 0 Å². The molecule has 2 aliphatic heterocycles. The highest BCUT2D eigenvalue weighted by Crippen LogP contribution is 2.44. The topological polar surface area (TPSA) is 86.9 Å². The van der Waals surface area contributed by atoms with Crippen molar-refractivity contribution < 1.29 is 14.7 Å². The summed E-state index contributed by atoms with van der Waals surface area (Å²) in [5, 5.41) is 8.94. The van der Waals surface area contributed by atoms with E-state index in [4.69, 9.17) is 10.8 Å². The van der Waals surface area contributed by atoms with Crippen molar-refractivity contribution in [2.24, 2.45) is 11.1 Å². The maximum atomic E-state index is 12.5. The molecule has 1 atom stereocenters. The molecule has 2 fully saturated rings. The number of nitrogens with zero attached hydrogens (tertiary/aromatic N) is 2. The van der Waals surface area contributed by atoms with E-state index in [2.05, 4.69) is 0 Å². The first-order chi connectivity index (χ1) is 9.21. The fourth-order valence-corrected chi connectivity index (χ4v) is 4.06. The summed E-state index contributed by atoms with van der Waals surface area (Å²) in [5.41, 5.74) is 5.14. The molecule has 7 heteroatoms. The van der Waals surface area contributed by atoms with Crippen molar-refractivity contribution in [3.63, 3.8) is 0 Å². The number of hydrogen-bond donors (Lipinski definition) is 2. The molecular weight excluding hydrogens is 278 g/mol. The number of nitrogens with two attached hydrogens (primary N) is 1. The monoisotopic (exact) mass is 301 g/mol. The van der Waals surface area contributed by atoms with Crippen LogP contribution in [0.2, 0.25) is 0 Å². The standard InChI is InChI=1S/C13H23N3O3S/c1-12(2,3)11(19)16-4-5-20-13(16)7-15(8-13)10(18)9(14)6-17/h9,17H,4-8,14H2,1-3H3/t9-/m0/s1. The molecule has 0 saturated carbocycles. The number of carbonyl (C=O) groups excluding carboxylic acids is 2. The van der Waals surface area contributed by atoms with Crippen LogP contribution in [0.5, 0.6) is 0 Å². The highest BCUT2D eigenvalue weighted by atomic mass is 32.2. The summed E-state index contributed by atoms with van der Waals surface area (Å²) in [7, 11) is 0. The molecule has 2 heterocycles. The lowest BCUT2D eigenvalue weighted by atomic mass is 9.92. The van der Waals surface area contributed by atoms with Crippen LogP contribution in [0.3, 0.4) is 0 Å². The van der Waals surface area contributed by atoms with Crippen LogP contribution in [-0.4, -0.2) is 69.6 Å². The number of carbonyl (C=O) groups is 2. The highest BCUT2D eigenvalue weighted by molar-refractivity contribution is 8.01. The zero-order valence-corrected chi connectivity index (χ0v) is 13.1. The van der Waals surface area contributed by atoms with E-state index in [0.717, 1.165) is 12.3 Å². The van der Waals surface area contributed by atoms with Crippen molar-refractivity contribution in [3.8, 4) is 0 Å². The first kappa shape index (κ1) is 15.6. The van der Waals surface area contributed by atoms with E-state index in [1.165, 1.54) is 0 Å². The molecule has 0 aliphatic carbocycles. The van der Waals surface area contributed by atoms with Gasteiger partial charge in [0.05, 0.1) is 19.7 Å². The number of thioether (sulfide) groups is 1. The van der Waals surface area contributed by atoms with Gasteiger partial charge in [0.1, 0.15) is 10.9 Å². The van der Waals surface area contributed by atoms with Crippen LogP contribution in [0.1, 0.15) is 20.8 Å². The van der Waals surface area contributed by atoms with E-state index in [9.17, 15) is 9.59 Å². The third-order valence-electron chi connectivity index (χ3n) is 3.77. The second-order valence-corrected chi connectivity index (χ2v) is 7.94. The average molecular weight is 301 g/mol. The van der Waals surface area contributed by atoms with Crippen LogP contribution in [0.25, 0.3) is 0 Å². The zero-order chi connectivity index (χ0) is 15.1. The molecule has 2 saturated heterocycles. The minimum absolute atomic E-state index is 0.126. The summed E-state index contributed by atoms with van der Waals surface area (Å²) >= 11 is 1.73. The van der Waals surface area contributed by atoms with Crippen LogP contribution in [0.15, 0.2) is 0 Å². The third kappa shape index (κ3) is 2.54. The molecule has 0 unspecified atom stereocenters. The van der Waals surface area contributed by atoms with Gasteiger partial charge in [-0.3, -0.25) is 9.59 Å². The van der Waals surface area contributed by atoms with Crippen molar-refractivity contribution in [2.75, 3.05) is 32.0 Å². The van der Waals surface area contributed by atoms with Crippen LogP contribution < -0.4 is 5.73 Å². The molecule has 2 aliphatic rings. The molecular formula is C13H23N3O3S. The maximum Gasteiger partial charge on any atom is 0.242 e. The largest absolute Gasteiger partial charge is 0.394 e. The smallest absolute Gasteiger partial charge is 0.242 e. The van der Waals surface area contributed by atoms with Gasteiger partial charge in [-0.2, -0.15) is 0 Å². The Bertz CT molecular complexity index is 416. The van der Waals surface area contributed by atoms with Gasteiger partial charge in [0, 0.05) is 17.7 Å². The summed E-state index contributed by atoms with van der Waals surface area (Å²) in [6, 6.07) is -0.856. The predicted octanol–water partition coefficient (Wildman–Crippen LogP) is -0.534. The summed E-state index contributed by atoms with van der Waals surface area (Å²) in [5.74, 6) is 0.783. The van der Waals surface area contributed by atoms with E-state index < -0.39 is 11.5 Å². The summed E-state index contributed by atoms with van der Waals surface area (Å²) in [6.45, 7) is 7.13. The van der Waals surface area contributed by atoms with Crippen LogP contribution in [-0.2, 0) is 9.59 Å². The van der Waals surface area contributed by atoms with Gasteiger partial charge in [0.15, 0.2) is 0 Å². The lowest BCUT2D eigenvalue weighted by Crippen LogP contribution is -2.71. The van der Waals surface area contributed by atoms with Crippen molar-refractivity contribution >= 4 is 23.6 Å². The molecule has 6 nitrogen and oxygen atoms in total. The van der Waals surface area contributed by atoms with Crippen molar-refractivity contribution in [2.45, 2.75) is 31.7 Å². The van der Waals surface area contributed by atoms with E-state index in [1.54, 1.807) is 16.7 Å². The fraction of sp³-hybridized carbons (Fsp3) is 0.846. The Morgan fingerprint density at radius 3 is 2.50 bits per heavy atom. The van der Waals surface area contributed by atoms with Crippen LogP contribution >= 0.6 is 11.8 Å². The predicted molar refractivity (Wildman–Crippen MR) is 78.0 cm³/mol. The maximum absolute atomic E-state index is 12.5. The molecule has 20 heavy (non-hydrogen) atoms. The minimum Gasteiger partial charge on any atom is -0.394 e. The minimum atomic E-state index is -0.856. The van der Waals surface area contributed by atoms with Gasteiger partial charge >= 0.3 is 0 Å². The van der Waals surface area contributed by atoms with Gasteiger partial charge < -0.3 is 20.6 Å². The zero-order valence-electron chi connectivity index (χ0n) is 12.3. The Balaban J connectivity index is 2.04. The summed E-state index contributed by atoms with van der Waals surface area (Å²) in [6.07, 6.45) is 0. The number of amides is 2. The average Bonchev–Trinajstić information content (AvgIpc) is 2.77. The first-order valence-electron chi connectivity index (χ1n) is 6.82. The van der Waals surface area contributed by atoms with Gasteiger partial charge in [-0.1, -0.05) is 20.8 Å². The molecule has 0 aromatic carbocycles. The fourth-order valence-electron chi connectivity index (χ4n) is 2.58. The van der Waals surface area contributed by atoms with Crippen molar-refractivity contribution in [1.82, 2.24) is 9.80 Å². The van der Waals surface area contributed by atoms with Gasteiger partial charge in [0.25, 0.3) is 0 Å². The SMILES string of the molecule is CC(C)(C)C(=O)N1CCSC12CN(C(=O)[C@@H](N)CO)C2. The summed E-state index contributed by atoms with van der Waals surface area (Å²) < 4.78 is 0. The second kappa shape index (κ2) is 5.20. The van der Waals surface area contributed by atoms with E-state index >= 15 is 0 Å². The molecule has 0 radical (unpaired) electrons. The third-order valence-corrected chi connectivity index (χ3v) is 5.17. The van der Waals surface area contributed by atoms with E-state index in [-0.39, 0.29) is 23.3 Å². The number of aliphatic hydroxyl groups is 1. The Hall–Kier alpha value is -0.790.